The van der Waals surface area contributed by atoms with E-state index in [-0.39, 0.29) is 12.6 Å². The van der Waals surface area contributed by atoms with Crippen molar-refractivity contribution < 1.29 is 9.84 Å². The molecule has 4 nitrogen and oxygen atoms in total. The maximum atomic E-state index is 8.86. The second-order valence-electron chi connectivity index (χ2n) is 3.99. The van der Waals surface area contributed by atoms with Gasteiger partial charge in [0.15, 0.2) is 0 Å². The molecule has 0 aliphatic heterocycles. The lowest BCUT2D eigenvalue weighted by atomic mass is 10.1. The Hall–Kier alpha value is -1.57. The summed E-state index contributed by atoms with van der Waals surface area (Å²) in [7, 11) is 0. The third-order valence-electron chi connectivity index (χ3n) is 2.61. The van der Waals surface area contributed by atoms with Crippen molar-refractivity contribution in [3.05, 3.63) is 29.8 Å². The topological polar surface area (TPSA) is 65.3 Å². The Balaban J connectivity index is 2.33. The summed E-state index contributed by atoms with van der Waals surface area (Å²) < 4.78 is 5.56. The molecule has 4 heteroatoms. The lowest BCUT2D eigenvalue weighted by Crippen LogP contribution is -2.28. The maximum absolute atomic E-state index is 8.86. The highest BCUT2D eigenvalue weighted by Crippen LogP contribution is 2.12. The predicted molar refractivity (Wildman–Crippen MR) is 70.4 cm³/mol. The number of hydrogen-bond acceptors (Lipinski definition) is 4. The van der Waals surface area contributed by atoms with Gasteiger partial charge in [0, 0.05) is 13.0 Å². The Morgan fingerprint density at radius 2 is 2.11 bits per heavy atom. The first-order valence-electron chi connectivity index (χ1n) is 6.25. The maximum Gasteiger partial charge on any atom is 0.119 e. The monoisotopic (exact) mass is 248 g/mol. The molecule has 0 aromatic heterocycles. The number of benzene rings is 1. The summed E-state index contributed by atoms with van der Waals surface area (Å²) in [6, 6.07) is 9.71. The van der Waals surface area contributed by atoms with Crippen molar-refractivity contribution in [1.29, 1.82) is 5.26 Å². The summed E-state index contributed by atoms with van der Waals surface area (Å²) in [5.41, 5.74) is 1.09. The highest BCUT2D eigenvalue weighted by molar-refractivity contribution is 5.27. The Morgan fingerprint density at radius 3 is 2.67 bits per heavy atom. The highest BCUT2D eigenvalue weighted by Gasteiger charge is 2.05. The summed E-state index contributed by atoms with van der Waals surface area (Å²) >= 11 is 0. The van der Waals surface area contributed by atoms with E-state index < -0.39 is 0 Å². The zero-order chi connectivity index (χ0) is 13.2. The number of nitriles is 1. The number of aliphatic hydroxyl groups excluding tert-OH is 1. The van der Waals surface area contributed by atoms with Crippen LogP contribution in [-0.4, -0.2) is 30.9 Å². The van der Waals surface area contributed by atoms with E-state index in [1.807, 2.05) is 31.2 Å². The zero-order valence-corrected chi connectivity index (χ0v) is 10.7. The van der Waals surface area contributed by atoms with Gasteiger partial charge in [-0.3, -0.25) is 0 Å². The van der Waals surface area contributed by atoms with Crippen LogP contribution in [0.2, 0.25) is 0 Å². The van der Waals surface area contributed by atoms with E-state index in [9.17, 15) is 0 Å². The molecule has 0 saturated heterocycles. The first-order chi connectivity index (χ1) is 8.80. The molecule has 1 aromatic rings. The first-order valence-corrected chi connectivity index (χ1v) is 6.25. The van der Waals surface area contributed by atoms with Crippen LogP contribution in [0.15, 0.2) is 24.3 Å². The Kier molecular flexibility index (Phi) is 6.85. The second-order valence-corrected chi connectivity index (χ2v) is 3.99. The van der Waals surface area contributed by atoms with E-state index >= 15 is 0 Å². The van der Waals surface area contributed by atoms with Gasteiger partial charge in [-0.15, -0.1) is 0 Å². The number of rotatable bonds is 8. The van der Waals surface area contributed by atoms with E-state index in [0.717, 1.165) is 17.9 Å². The molecule has 0 saturated carbocycles. The summed E-state index contributed by atoms with van der Waals surface area (Å²) in [5.74, 6) is 0.796. The van der Waals surface area contributed by atoms with Gasteiger partial charge in [0.2, 0.25) is 0 Å². The van der Waals surface area contributed by atoms with Crippen molar-refractivity contribution in [1.82, 2.24) is 5.32 Å². The van der Waals surface area contributed by atoms with E-state index in [0.29, 0.717) is 19.4 Å². The first kappa shape index (κ1) is 14.5. The fourth-order valence-corrected chi connectivity index (χ4v) is 1.63. The van der Waals surface area contributed by atoms with Gasteiger partial charge in [0.05, 0.1) is 18.7 Å². The third-order valence-corrected chi connectivity index (χ3v) is 2.61. The minimum atomic E-state index is -0.149. The molecule has 0 radical (unpaired) electrons. The number of nitrogens with one attached hydrogen (secondary N) is 1. The second kappa shape index (κ2) is 8.51. The average molecular weight is 248 g/mol. The predicted octanol–water partition coefficient (Wildman–Crippen LogP) is 1.49. The molecule has 2 N–H and O–H groups in total. The zero-order valence-electron chi connectivity index (χ0n) is 10.7. The molecule has 0 aliphatic carbocycles. The van der Waals surface area contributed by atoms with Gasteiger partial charge < -0.3 is 15.2 Å². The van der Waals surface area contributed by atoms with Gasteiger partial charge in [-0.05, 0) is 30.7 Å². The van der Waals surface area contributed by atoms with Crippen molar-refractivity contribution in [2.45, 2.75) is 25.8 Å². The molecule has 1 atom stereocenters. The van der Waals surface area contributed by atoms with Crippen LogP contribution in [0.1, 0.15) is 18.9 Å². The van der Waals surface area contributed by atoms with Crippen molar-refractivity contribution >= 4 is 0 Å². The van der Waals surface area contributed by atoms with Crippen LogP contribution in [0, 0.1) is 11.3 Å². The van der Waals surface area contributed by atoms with Crippen LogP contribution < -0.4 is 10.1 Å². The lowest BCUT2D eigenvalue weighted by molar-refractivity contribution is 0.296. The lowest BCUT2D eigenvalue weighted by Gasteiger charge is -2.11. The third kappa shape index (κ3) is 5.17. The van der Waals surface area contributed by atoms with Crippen LogP contribution in [0.3, 0.4) is 0 Å². The molecule has 0 aliphatic rings. The van der Waals surface area contributed by atoms with Crippen molar-refractivity contribution in [3.8, 4) is 11.8 Å². The van der Waals surface area contributed by atoms with Crippen LogP contribution in [0.25, 0.3) is 0 Å². The van der Waals surface area contributed by atoms with Gasteiger partial charge >= 0.3 is 0 Å². The molecular formula is C14H20N2O2. The largest absolute Gasteiger partial charge is 0.493 e. The van der Waals surface area contributed by atoms with Gasteiger partial charge in [0.25, 0.3) is 0 Å². The molecule has 98 valence electrons. The Morgan fingerprint density at radius 1 is 1.39 bits per heavy atom. The molecule has 0 amide bonds. The van der Waals surface area contributed by atoms with Crippen molar-refractivity contribution in [2.24, 2.45) is 0 Å². The van der Waals surface area contributed by atoms with E-state index in [1.54, 1.807) is 0 Å². The van der Waals surface area contributed by atoms with Crippen LogP contribution in [0.5, 0.6) is 5.75 Å². The summed E-state index contributed by atoms with van der Waals surface area (Å²) in [6.07, 6.45) is 1.33. The molecule has 0 bridgehead atoms. The molecule has 1 rings (SSSR count). The summed E-state index contributed by atoms with van der Waals surface area (Å²) in [4.78, 5) is 0. The number of nitrogens with zero attached hydrogens (tertiary/aromatic N) is 1. The van der Waals surface area contributed by atoms with Crippen molar-refractivity contribution in [2.75, 3.05) is 19.8 Å². The molecular weight excluding hydrogens is 228 g/mol. The Bertz CT molecular complexity index is 370. The van der Waals surface area contributed by atoms with Crippen LogP contribution in [-0.2, 0) is 6.42 Å². The smallest absolute Gasteiger partial charge is 0.119 e. The minimum absolute atomic E-state index is 0.149. The van der Waals surface area contributed by atoms with Gasteiger partial charge in [-0.25, -0.2) is 0 Å². The standard InChI is InChI=1S/C14H20N2O2/c1-2-16-13(11-15)8-10-18-14-5-3-12(4-6-14)7-9-17/h3-6,13,16-17H,2,7-10H2,1H3. The molecule has 0 spiro atoms. The number of ether oxygens (including phenoxy) is 1. The average Bonchev–Trinajstić information content (AvgIpc) is 2.40. The molecule has 18 heavy (non-hydrogen) atoms. The molecule has 1 aromatic carbocycles. The number of aliphatic hydroxyl groups is 1. The highest BCUT2D eigenvalue weighted by atomic mass is 16.5. The van der Waals surface area contributed by atoms with Gasteiger partial charge in [-0.1, -0.05) is 19.1 Å². The minimum Gasteiger partial charge on any atom is -0.493 e. The van der Waals surface area contributed by atoms with E-state index in [1.165, 1.54) is 0 Å². The van der Waals surface area contributed by atoms with Gasteiger partial charge in [0.1, 0.15) is 5.75 Å². The quantitative estimate of drug-likeness (QED) is 0.731. The van der Waals surface area contributed by atoms with Crippen molar-refractivity contribution in [3.63, 3.8) is 0 Å². The van der Waals surface area contributed by atoms with Crippen LogP contribution in [0.4, 0.5) is 0 Å². The summed E-state index contributed by atoms with van der Waals surface area (Å²) in [5, 5.41) is 20.7. The Labute approximate surface area is 108 Å². The fourth-order valence-electron chi connectivity index (χ4n) is 1.63. The fraction of sp³-hybridized carbons (Fsp3) is 0.500. The molecule has 1 unspecified atom stereocenters. The SMILES string of the molecule is CCNC(C#N)CCOc1ccc(CCO)cc1. The van der Waals surface area contributed by atoms with E-state index in [4.69, 9.17) is 15.1 Å². The number of hydrogen-bond donors (Lipinski definition) is 2. The van der Waals surface area contributed by atoms with Crippen LogP contribution >= 0.6 is 0 Å². The normalized spacial score (nSPS) is 11.8. The molecule has 0 heterocycles. The van der Waals surface area contributed by atoms with E-state index in [2.05, 4.69) is 11.4 Å². The molecule has 0 fully saturated rings. The van der Waals surface area contributed by atoms with Gasteiger partial charge in [-0.2, -0.15) is 5.26 Å². The summed E-state index contributed by atoms with van der Waals surface area (Å²) in [6.45, 7) is 3.44.